The van der Waals surface area contributed by atoms with Crippen molar-refractivity contribution in [3.05, 3.63) is 65.7 Å². The lowest BCUT2D eigenvalue weighted by molar-refractivity contribution is -0.132. The van der Waals surface area contributed by atoms with Crippen molar-refractivity contribution in [3.8, 4) is 11.1 Å². The van der Waals surface area contributed by atoms with Gasteiger partial charge in [0.1, 0.15) is 5.57 Å². The Kier molecular flexibility index (Phi) is 4.27. The summed E-state index contributed by atoms with van der Waals surface area (Å²) in [5.74, 6) is -0.759. The van der Waals surface area contributed by atoms with Gasteiger partial charge in [0.2, 0.25) is 0 Å². The molecule has 0 aromatic heterocycles. The first-order valence-electron chi connectivity index (χ1n) is 7.46. The summed E-state index contributed by atoms with van der Waals surface area (Å²) in [5, 5.41) is 0.210. The van der Waals surface area contributed by atoms with E-state index in [0.29, 0.717) is 0 Å². The molecule has 120 valence electrons. The average Bonchev–Trinajstić information content (AvgIpc) is 2.63. The quantitative estimate of drug-likeness (QED) is 0.481. The third-order valence-electron chi connectivity index (χ3n) is 3.97. The Morgan fingerprint density at radius 2 is 1.29 bits per heavy atom. The zero-order chi connectivity index (χ0) is 17.3. The summed E-state index contributed by atoms with van der Waals surface area (Å²) >= 11 is 5.08. The molecule has 1 heterocycles. The first kappa shape index (κ1) is 16.1. The van der Waals surface area contributed by atoms with Crippen molar-refractivity contribution in [2.75, 3.05) is 14.1 Å². The number of likely N-dealkylation sites (N-methyl/N-ethyl adjacent to an activating group) is 2. The van der Waals surface area contributed by atoms with E-state index in [1.54, 1.807) is 20.2 Å². The molecule has 0 N–H and O–H groups in total. The van der Waals surface area contributed by atoms with Crippen LogP contribution in [0.1, 0.15) is 5.56 Å². The molecule has 2 aromatic rings. The van der Waals surface area contributed by atoms with Gasteiger partial charge in [-0.25, -0.2) is 0 Å². The second-order valence-corrected chi connectivity index (χ2v) is 5.92. The van der Waals surface area contributed by atoms with Crippen molar-refractivity contribution in [2.45, 2.75) is 0 Å². The molecule has 0 bridgehead atoms. The van der Waals surface area contributed by atoms with E-state index in [2.05, 4.69) is 0 Å². The number of carbonyl (C=O) groups excluding carboxylic acids is 2. The zero-order valence-corrected chi connectivity index (χ0v) is 14.2. The van der Waals surface area contributed by atoms with Gasteiger partial charge >= 0.3 is 0 Å². The topological polar surface area (TPSA) is 40.6 Å². The monoisotopic (exact) mass is 336 g/mol. The number of amides is 2. The van der Waals surface area contributed by atoms with Gasteiger partial charge in [-0.1, -0.05) is 54.6 Å². The summed E-state index contributed by atoms with van der Waals surface area (Å²) in [5.41, 5.74) is 3.10. The Labute approximate surface area is 146 Å². The SMILES string of the molecule is CN1C(=O)C(=Cc2ccc(-c3ccccc3)cc2)C(=O)N(C)C1=S. The molecule has 1 aliphatic heterocycles. The minimum atomic E-state index is -0.379. The van der Waals surface area contributed by atoms with E-state index in [4.69, 9.17) is 12.2 Å². The number of benzene rings is 2. The maximum Gasteiger partial charge on any atom is 0.265 e. The Balaban J connectivity index is 1.92. The van der Waals surface area contributed by atoms with E-state index >= 15 is 0 Å². The van der Waals surface area contributed by atoms with E-state index in [0.717, 1.165) is 16.7 Å². The maximum absolute atomic E-state index is 12.3. The number of hydrogen-bond donors (Lipinski definition) is 0. The highest BCUT2D eigenvalue weighted by Gasteiger charge is 2.35. The Hall–Kier alpha value is -2.79. The van der Waals surface area contributed by atoms with Gasteiger partial charge < -0.3 is 0 Å². The molecule has 1 fully saturated rings. The second-order valence-electron chi connectivity index (χ2n) is 5.56. The predicted octanol–water partition coefficient (Wildman–Crippen LogP) is 2.95. The van der Waals surface area contributed by atoms with Crippen LogP contribution in [0, 0.1) is 0 Å². The first-order chi connectivity index (χ1) is 11.5. The predicted molar refractivity (Wildman–Crippen MR) is 98.0 cm³/mol. The molecule has 1 aliphatic rings. The molecule has 4 nitrogen and oxygen atoms in total. The lowest BCUT2D eigenvalue weighted by Gasteiger charge is -2.31. The Morgan fingerprint density at radius 3 is 1.83 bits per heavy atom. The van der Waals surface area contributed by atoms with Crippen LogP contribution in [0.25, 0.3) is 17.2 Å². The van der Waals surface area contributed by atoms with E-state index in [9.17, 15) is 9.59 Å². The van der Waals surface area contributed by atoms with Crippen molar-refractivity contribution >= 4 is 35.2 Å². The molecule has 2 amide bonds. The minimum Gasteiger partial charge on any atom is -0.288 e. The average molecular weight is 336 g/mol. The van der Waals surface area contributed by atoms with Crippen LogP contribution in [-0.2, 0) is 9.59 Å². The number of carbonyl (C=O) groups is 2. The van der Waals surface area contributed by atoms with E-state index in [-0.39, 0.29) is 22.5 Å². The normalized spacial score (nSPS) is 15.1. The van der Waals surface area contributed by atoms with Gasteiger partial charge in [-0.3, -0.25) is 19.4 Å². The number of nitrogens with zero attached hydrogens (tertiary/aromatic N) is 2. The van der Waals surface area contributed by atoms with Crippen molar-refractivity contribution in [1.82, 2.24) is 9.80 Å². The van der Waals surface area contributed by atoms with E-state index < -0.39 is 0 Å². The fraction of sp³-hybridized carbons (Fsp3) is 0.105. The molecule has 3 rings (SSSR count). The summed E-state index contributed by atoms with van der Waals surface area (Å²) in [7, 11) is 3.14. The molecule has 1 saturated heterocycles. The van der Waals surface area contributed by atoms with Crippen LogP contribution in [0.15, 0.2) is 60.2 Å². The van der Waals surface area contributed by atoms with Gasteiger partial charge in [-0.2, -0.15) is 0 Å². The smallest absolute Gasteiger partial charge is 0.265 e. The van der Waals surface area contributed by atoms with Crippen LogP contribution >= 0.6 is 12.2 Å². The fourth-order valence-electron chi connectivity index (χ4n) is 2.54. The van der Waals surface area contributed by atoms with Crippen molar-refractivity contribution in [2.24, 2.45) is 0 Å². The highest BCUT2D eigenvalue weighted by molar-refractivity contribution is 7.80. The summed E-state index contributed by atoms with van der Waals surface area (Å²) in [6, 6.07) is 17.7. The molecule has 0 spiro atoms. The van der Waals surface area contributed by atoms with Crippen LogP contribution < -0.4 is 0 Å². The van der Waals surface area contributed by atoms with E-state index in [1.807, 2.05) is 54.6 Å². The largest absolute Gasteiger partial charge is 0.288 e. The van der Waals surface area contributed by atoms with Crippen molar-refractivity contribution < 1.29 is 9.59 Å². The number of rotatable bonds is 2. The molecule has 0 aliphatic carbocycles. The Bertz CT molecular complexity index is 815. The third-order valence-corrected chi connectivity index (χ3v) is 4.52. The van der Waals surface area contributed by atoms with Crippen LogP contribution in [0.3, 0.4) is 0 Å². The number of thiocarbonyl (C=S) groups is 1. The molecule has 5 heteroatoms. The van der Waals surface area contributed by atoms with Crippen LogP contribution in [0.2, 0.25) is 0 Å². The van der Waals surface area contributed by atoms with Crippen molar-refractivity contribution in [3.63, 3.8) is 0 Å². The molecule has 0 atom stereocenters. The van der Waals surface area contributed by atoms with E-state index in [1.165, 1.54) is 9.80 Å². The standard InChI is InChI=1S/C19H16N2O2S/c1-20-17(22)16(18(23)21(2)19(20)24)12-13-8-10-15(11-9-13)14-6-4-3-5-7-14/h3-12H,1-2H3. The second kappa shape index (κ2) is 6.37. The van der Waals surface area contributed by atoms with Crippen LogP contribution in [-0.4, -0.2) is 40.8 Å². The lowest BCUT2D eigenvalue weighted by atomic mass is 10.0. The van der Waals surface area contributed by atoms with Gasteiger partial charge in [0, 0.05) is 14.1 Å². The minimum absolute atomic E-state index is 0.112. The van der Waals surface area contributed by atoms with Gasteiger partial charge in [0.25, 0.3) is 11.8 Å². The van der Waals surface area contributed by atoms with Gasteiger partial charge in [0.05, 0.1) is 0 Å². The molecular weight excluding hydrogens is 320 g/mol. The van der Waals surface area contributed by atoms with Crippen molar-refractivity contribution in [1.29, 1.82) is 0 Å². The first-order valence-corrected chi connectivity index (χ1v) is 7.87. The van der Waals surface area contributed by atoms with Gasteiger partial charge in [-0.05, 0) is 35.0 Å². The summed E-state index contributed by atoms with van der Waals surface area (Å²) in [4.78, 5) is 27.2. The fourth-order valence-corrected chi connectivity index (χ4v) is 2.71. The number of hydrogen-bond acceptors (Lipinski definition) is 3. The van der Waals surface area contributed by atoms with Gasteiger partial charge in [-0.15, -0.1) is 0 Å². The molecule has 0 saturated carbocycles. The third kappa shape index (κ3) is 2.86. The lowest BCUT2D eigenvalue weighted by Crippen LogP contribution is -2.52. The highest BCUT2D eigenvalue weighted by Crippen LogP contribution is 2.22. The zero-order valence-electron chi connectivity index (χ0n) is 13.4. The van der Waals surface area contributed by atoms with Crippen LogP contribution in [0.4, 0.5) is 0 Å². The molecule has 0 radical (unpaired) electrons. The molecule has 24 heavy (non-hydrogen) atoms. The van der Waals surface area contributed by atoms with Crippen LogP contribution in [0.5, 0.6) is 0 Å². The Morgan fingerprint density at radius 1 is 0.792 bits per heavy atom. The maximum atomic E-state index is 12.3. The summed E-state index contributed by atoms with van der Waals surface area (Å²) < 4.78 is 0. The molecular formula is C19H16N2O2S. The molecule has 0 unspecified atom stereocenters. The van der Waals surface area contributed by atoms with Gasteiger partial charge in [0.15, 0.2) is 5.11 Å². The summed E-state index contributed by atoms with van der Waals surface area (Å²) in [6.07, 6.45) is 1.61. The summed E-state index contributed by atoms with van der Waals surface area (Å²) in [6.45, 7) is 0. The molecule has 2 aromatic carbocycles. The highest BCUT2D eigenvalue weighted by atomic mass is 32.1.